The van der Waals surface area contributed by atoms with Gasteiger partial charge in [-0.2, -0.15) is 26.3 Å². The molecule has 0 aromatic heterocycles. The lowest BCUT2D eigenvalue weighted by atomic mass is 10.1. The van der Waals surface area contributed by atoms with Gasteiger partial charge in [-0.1, -0.05) is 109 Å². The highest BCUT2D eigenvalue weighted by Gasteiger charge is 2.32. The number of benzene rings is 6. The van der Waals surface area contributed by atoms with Gasteiger partial charge in [-0.05, 0) is 95.2 Å². The van der Waals surface area contributed by atoms with Crippen molar-refractivity contribution in [3.8, 4) is 0 Å². The fourth-order valence-corrected chi connectivity index (χ4v) is 11.2. The van der Waals surface area contributed by atoms with E-state index in [1.54, 1.807) is 0 Å². The highest BCUT2D eigenvalue weighted by Crippen LogP contribution is 2.44. The van der Waals surface area contributed by atoms with E-state index in [0.717, 1.165) is 45.8 Å². The van der Waals surface area contributed by atoms with Gasteiger partial charge in [0.1, 0.15) is 0 Å². The van der Waals surface area contributed by atoms with Crippen LogP contribution in [0.25, 0.3) is 21.5 Å². The quantitative estimate of drug-likeness (QED) is 0.121. The van der Waals surface area contributed by atoms with Crippen LogP contribution in [0.4, 0.5) is 26.3 Å². The van der Waals surface area contributed by atoms with Crippen LogP contribution in [0.15, 0.2) is 133 Å². The van der Waals surface area contributed by atoms with Crippen molar-refractivity contribution < 1.29 is 26.3 Å². The lowest BCUT2D eigenvalue weighted by Gasteiger charge is -2.26. The Hall–Kier alpha value is -3.72. The first-order chi connectivity index (χ1) is 21.1. The number of fused-ring (bicyclic) bond motifs is 2. The van der Waals surface area contributed by atoms with E-state index in [1.165, 1.54) is 34.9 Å². The molecular weight excluding hydrogens is 608 g/mol. The van der Waals surface area contributed by atoms with Crippen molar-refractivity contribution in [2.75, 3.05) is 12.3 Å². The van der Waals surface area contributed by atoms with Crippen LogP contribution in [0.3, 0.4) is 0 Å². The summed E-state index contributed by atoms with van der Waals surface area (Å²) in [5.74, 6) is 0. The summed E-state index contributed by atoms with van der Waals surface area (Å²) in [5, 5.41) is 8.30. The maximum atomic E-state index is 13.4. The Morgan fingerprint density at radius 2 is 0.750 bits per heavy atom. The largest absolute Gasteiger partial charge is 0.416 e. The highest BCUT2D eigenvalue weighted by molar-refractivity contribution is 7.77. The minimum atomic E-state index is -4.48. The predicted octanol–water partition coefficient (Wildman–Crippen LogP) is 9.60. The third-order valence-corrected chi connectivity index (χ3v) is 13.2. The molecular formula is C36H26F6P2. The second kappa shape index (κ2) is 12.3. The molecule has 8 heteroatoms. The van der Waals surface area contributed by atoms with Crippen molar-refractivity contribution >= 4 is 58.6 Å². The SMILES string of the molecule is FC(F)(F)c1ccc(P(CCP(c2cccc3ccccc23)c2cccc3ccccc23)c2ccc(C(F)(F)F)cc2)cc1. The summed E-state index contributed by atoms with van der Waals surface area (Å²) < 4.78 is 80.3. The predicted molar refractivity (Wildman–Crippen MR) is 173 cm³/mol. The second-order valence-corrected chi connectivity index (χ2v) is 15.0. The Balaban J connectivity index is 1.45. The lowest BCUT2D eigenvalue weighted by Crippen LogP contribution is -2.21. The summed E-state index contributed by atoms with van der Waals surface area (Å²) in [4.78, 5) is 0. The van der Waals surface area contributed by atoms with E-state index in [2.05, 4.69) is 48.5 Å². The van der Waals surface area contributed by atoms with Gasteiger partial charge in [0, 0.05) is 0 Å². The molecule has 0 bridgehead atoms. The average molecular weight is 635 g/mol. The van der Waals surface area contributed by atoms with Gasteiger partial charge in [0.15, 0.2) is 0 Å². The number of halogens is 6. The van der Waals surface area contributed by atoms with Gasteiger partial charge < -0.3 is 0 Å². The zero-order valence-electron chi connectivity index (χ0n) is 23.3. The molecule has 0 aliphatic heterocycles. The van der Waals surface area contributed by atoms with Gasteiger partial charge in [0.2, 0.25) is 0 Å². The van der Waals surface area contributed by atoms with E-state index in [1.807, 2.05) is 36.4 Å². The third kappa shape index (κ3) is 6.39. The molecule has 0 fully saturated rings. The summed E-state index contributed by atoms with van der Waals surface area (Å²) >= 11 is 0. The molecule has 0 spiro atoms. The summed E-state index contributed by atoms with van der Waals surface area (Å²) in [6.07, 6.45) is -7.67. The molecule has 0 atom stereocenters. The van der Waals surface area contributed by atoms with Crippen molar-refractivity contribution in [3.05, 3.63) is 145 Å². The second-order valence-electron chi connectivity index (χ2n) is 10.4. The Morgan fingerprint density at radius 3 is 1.16 bits per heavy atom. The van der Waals surface area contributed by atoms with Gasteiger partial charge in [-0.3, -0.25) is 0 Å². The monoisotopic (exact) mass is 634 g/mol. The van der Waals surface area contributed by atoms with E-state index in [9.17, 15) is 26.3 Å². The molecule has 0 N–H and O–H groups in total. The van der Waals surface area contributed by atoms with E-state index in [-0.39, 0.29) is 0 Å². The topological polar surface area (TPSA) is 0 Å². The van der Waals surface area contributed by atoms with Crippen LogP contribution >= 0.6 is 15.8 Å². The Kier molecular flexibility index (Phi) is 8.51. The Bertz CT molecular complexity index is 1750. The average Bonchev–Trinajstić information content (AvgIpc) is 3.02. The van der Waals surface area contributed by atoms with E-state index >= 15 is 0 Å². The maximum absolute atomic E-state index is 13.4. The molecule has 222 valence electrons. The van der Waals surface area contributed by atoms with Crippen LogP contribution in [-0.2, 0) is 12.4 Å². The molecule has 0 saturated heterocycles. The first-order valence-corrected chi connectivity index (χ1v) is 17.0. The number of alkyl halides is 6. The minimum absolute atomic E-state index is 0.588. The molecule has 6 rings (SSSR count). The highest BCUT2D eigenvalue weighted by atomic mass is 31.1. The summed E-state index contributed by atoms with van der Waals surface area (Å²) in [6.45, 7) is 0. The molecule has 6 aromatic carbocycles. The number of hydrogen-bond donors (Lipinski definition) is 0. The van der Waals surface area contributed by atoms with Gasteiger partial charge in [-0.15, -0.1) is 0 Å². The van der Waals surface area contributed by atoms with Gasteiger partial charge in [-0.25, -0.2) is 0 Å². The van der Waals surface area contributed by atoms with Gasteiger partial charge in [0.05, 0.1) is 11.1 Å². The molecule has 0 radical (unpaired) electrons. The third-order valence-electron chi connectivity index (χ3n) is 7.67. The maximum Gasteiger partial charge on any atom is 0.416 e. The molecule has 0 aliphatic rings. The van der Waals surface area contributed by atoms with E-state index in [4.69, 9.17) is 0 Å². The van der Waals surface area contributed by atoms with Crippen molar-refractivity contribution in [2.24, 2.45) is 0 Å². The van der Waals surface area contributed by atoms with Crippen molar-refractivity contribution in [1.82, 2.24) is 0 Å². The fraction of sp³-hybridized carbons (Fsp3) is 0.111. The molecule has 0 amide bonds. The smallest absolute Gasteiger partial charge is 0.166 e. The molecule has 0 unspecified atom stereocenters. The summed E-state index contributed by atoms with van der Waals surface area (Å²) in [7, 11) is -2.22. The lowest BCUT2D eigenvalue weighted by molar-refractivity contribution is -0.138. The van der Waals surface area contributed by atoms with Gasteiger partial charge in [0.25, 0.3) is 0 Å². The zero-order chi connectivity index (χ0) is 30.9. The molecule has 44 heavy (non-hydrogen) atoms. The fourth-order valence-electron chi connectivity index (χ4n) is 5.53. The summed E-state index contributed by atoms with van der Waals surface area (Å²) in [5.41, 5.74) is -1.50. The molecule has 6 aromatic rings. The van der Waals surface area contributed by atoms with Crippen LogP contribution < -0.4 is 21.2 Å². The molecule has 0 heterocycles. The number of hydrogen-bond acceptors (Lipinski definition) is 0. The van der Waals surface area contributed by atoms with Crippen LogP contribution in [0.5, 0.6) is 0 Å². The molecule has 0 aliphatic carbocycles. The Morgan fingerprint density at radius 1 is 0.386 bits per heavy atom. The normalized spacial score (nSPS) is 12.5. The van der Waals surface area contributed by atoms with E-state index < -0.39 is 39.3 Å². The van der Waals surface area contributed by atoms with Gasteiger partial charge >= 0.3 is 12.4 Å². The van der Waals surface area contributed by atoms with Crippen LogP contribution in [0, 0.1) is 0 Å². The Labute approximate surface area is 253 Å². The number of rotatable bonds is 7. The van der Waals surface area contributed by atoms with Crippen LogP contribution in [0.1, 0.15) is 11.1 Å². The van der Waals surface area contributed by atoms with Crippen molar-refractivity contribution in [3.63, 3.8) is 0 Å². The standard InChI is InChI=1S/C36H26F6P2/c37-35(38,39)27-15-19-29(20-16-27)43(30-21-17-28(18-22-30)36(40,41)42)23-24-44(33-13-5-9-25-7-1-3-11-31(25)33)34-14-6-10-26-8-2-4-12-32(26)34/h1-22H,23-24H2. The molecule has 0 nitrogen and oxygen atoms in total. The van der Waals surface area contributed by atoms with Crippen molar-refractivity contribution in [1.29, 1.82) is 0 Å². The van der Waals surface area contributed by atoms with Crippen LogP contribution in [0.2, 0.25) is 0 Å². The first-order valence-electron chi connectivity index (χ1n) is 13.9. The summed E-state index contributed by atoms with van der Waals surface area (Å²) in [6, 6.07) is 39.1. The first kappa shape index (κ1) is 30.3. The minimum Gasteiger partial charge on any atom is -0.166 e. The van der Waals surface area contributed by atoms with E-state index in [0.29, 0.717) is 22.9 Å². The molecule has 0 saturated carbocycles. The van der Waals surface area contributed by atoms with Crippen molar-refractivity contribution in [2.45, 2.75) is 12.4 Å². The zero-order valence-corrected chi connectivity index (χ0v) is 25.1. The van der Waals surface area contributed by atoms with Crippen LogP contribution in [-0.4, -0.2) is 12.3 Å².